The Morgan fingerprint density at radius 1 is 0.933 bits per heavy atom. The number of thiazole rings is 1. The number of fused-ring (bicyclic) bond motifs is 2. The number of piperidine rings is 1. The highest BCUT2D eigenvalue weighted by atomic mass is 35.5. The summed E-state index contributed by atoms with van der Waals surface area (Å²) in [7, 11) is 0. The number of nitrogens with zero attached hydrogens (tertiary/aromatic N) is 3. The number of hydrogen-bond donors (Lipinski definition) is 1. The molecule has 156 valence electrons. The fourth-order valence-electron chi connectivity index (χ4n) is 4.45. The number of aromatic amines is 1. The second-order valence-corrected chi connectivity index (χ2v) is 9.16. The number of rotatable bonds is 5. The maximum atomic E-state index is 12.7. The minimum Gasteiger partial charge on any atom is -0.369 e. The maximum absolute atomic E-state index is 12.7. The zero-order valence-electron chi connectivity index (χ0n) is 16.6. The number of anilines is 1. The summed E-state index contributed by atoms with van der Waals surface area (Å²) < 4.78 is 4.56. The average molecular weight is 443 g/mol. The SMILES string of the molecule is O=c1sc2ccccc2n1CCCn1c(=O)[nH]c2c(N3CCCCC3)c(Cl)ccc21. The van der Waals surface area contributed by atoms with E-state index in [1.54, 1.807) is 9.13 Å². The van der Waals surface area contributed by atoms with Gasteiger partial charge in [0.05, 0.1) is 32.0 Å². The average Bonchev–Trinajstić information content (AvgIpc) is 3.24. The second-order valence-electron chi connectivity index (χ2n) is 7.76. The molecule has 1 aliphatic rings. The Hall–Kier alpha value is -2.51. The molecule has 1 saturated heterocycles. The summed E-state index contributed by atoms with van der Waals surface area (Å²) in [6.07, 6.45) is 4.20. The second kappa shape index (κ2) is 7.96. The van der Waals surface area contributed by atoms with Crippen LogP contribution in [0.1, 0.15) is 25.7 Å². The number of imidazole rings is 1. The van der Waals surface area contributed by atoms with Crippen molar-refractivity contribution in [3.63, 3.8) is 0 Å². The molecule has 0 radical (unpaired) electrons. The Balaban J connectivity index is 1.43. The molecular weight excluding hydrogens is 420 g/mol. The summed E-state index contributed by atoms with van der Waals surface area (Å²) in [6, 6.07) is 11.6. The standard InChI is InChI=1S/C22H23ClN4O2S/c23-15-9-10-17-19(20(15)25-11-4-1-5-12-25)24-21(28)26(17)13-6-14-27-16-7-2-3-8-18(16)30-22(27)29/h2-3,7-10H,1,4-6,11-14H2,(H,24,28). The Labute approximate surface area is 182 Å². The fourth-order valence-corrected chi connectivity index (χ4v) is 5.64. The van der Waals surface area contributed by atoms with E-state index < -0.39 is 0 Å². The number of hydrogen-bond acceptors (Lipinski definition) is 4. The van der Waals surface area contributed by atoms with Crippen LogP contribution in [0, 0.1) is 0 Å². The van der Waals surface area contributed by atoms with Gasteiger partial charge in [-0.2, -0.15) is 0 Å². The van der Waals surface area contributed by atoms with Crippen LogP contribution in [0.4, 0.5) is 5.69 Å². The van der Waals surface area contributed by atoms with E-state index in [9.17, 15) is 9.59 Å². The molecule has 2 aromatic carbocycles. The van der Waals surface area contributed by atoms with Crippen LogP contribution in [-0.2, 0) is 13.1 Å². The first kappa shape index (κ1) is 19.5. The topological polar surface area (TPSA) is 63.0 Å². The molecule has 0 spiro atoms. The van der Waals surface area contributed by atoms with Crippen molar-refractivity contribution in [1.29, 1.82) is 0 Å². The Kier molecular flexibility index (Phi) is 5.16. The smallest absolute Gasteiger partial charge is 0.326 e. The first-order valence-corrected chi connectivity index (χ1v) is 11.6. The predicted molar refractivity (Wildman–Crippen MR) is 124 cm³/mol. The first-order chi connectivity index (χ1) is 14.6. The van der Waals surface area contributed by atoms with Crippen molar-refractivity contribution in [3.8, 4) is 0 Å². The minimum absolute atomic E-state index is 0.0432. The molecule has 30 heavy (non-hydrogen) atoms. The number of halogens is 1. The normalized spacial score (nSPS) is 14.8. The number of aromatic nitrogens is 3. The van der Waals surface area contributed by atoms with Crippen molar-refractivity contribution in [3.05, 3.63) is 61.6 Å². The number of para-hydroxylation sites is 1. The van der Waals surface area contributed by atoms with Crippen LogP contribution in [0.15, 0.2) is 46.0 Å². The third-order valence-corrected chi connectivity index (χ3v) is 7.15. The van der Waals surface area contributed by atoms with Crippen LogP contribution >= 0.6 is 22.9 Å². The van der Waals surface area contributed by atoms with E-state index in [-0.39, 0.29) is 10.6 Å². The van der Waals surface area contributed by atoms with Crippen molar-refractivity contribution in [2.75, 3.05) is 18.0 Å². The van der Waals surface area contributed by atoms with Gasteiger partial charge in [-0.1, -0.05) is 35.1 Å². The lowest BCUT2D eigenvalue weighted by atomic mass is 10.1. The van der Waals surface area contributed by atoms with Gasteiger partial charge < -0.3 is 9.88 Å². The zero-order chi connectivity index (χ0) is 20.7. The number of H-pyrrole nitrogens is 1. The molecule has 0 unspecified atom stereocenters. The summed E-state index contributed by atoms with van der Waals surface area (Å²) in [4.78, 5) is 30.4. The quantitative estimate of drug-likeness (QED) is 0.497. The summed E-state index contributed by atoms with van der Waals surface area (Å²) in [5.41, 5.74) is 3.44. The molecule has 0 amide bonds. The third kappa shape index (κ3) is 3.36. The molecule has 0 saturated carbocycles. The van der Waals surface area contributed by atoms with E-state index in [1.165, 1.54) is 17.8 Å². The molecular formula is C22H23ClN4O2S. The lowest BCUT2D eigenvalue weighted by Crippen LogP contribution is -2.29. The molecule has 1 N–H and O–H groups in total. The van der Waals surface area contributed by atoms with E-state index in [1.807, 2.05) is 36.4 Å². The van der Waals surface area contributed by atoms with Gasteiger partial charge in [0.2, 0.25) is 0 Å². The van der Waals surface area contributed by atoms with Crippen molar-refractivity contribution in [2.45, 2.75) is 38.8 Å². The number of benzene rings is 2. The first-order valence-electron chi connectivity index (χ1n) is 10.4. The lowest BCUT2D eigenvalue weighted by Gasteiger charge is -2.29. The Morgan fingerprint density at radius 2 is 1.70 bits per heavy atom. The lowest BCUT2D eigenvalue weighted by molar-refractivity contribution is 0.567. The van der Waals surface area contributed by atoms with Crippen LogP contribution in [0.3, 0.4) is 0 Å². The van der Waals surface area contributed by atoms with Crippen LogP contribution in [0.5, 0.6) is 0 Å². The molecule has 1 aliphatic heterocycles. The van der Waals surface area contributed by atoms with Gasteiger partial charge in [0.15, 0.2) is 0 Å². The van der Waals surface area contributed by atoms with E-state index >= 15 is 0 Å². The molecule has 8 heteroatoms. The molecule has 0 aliphatic carbocycles. The Morgan fingerprint density at radius 3 is 2.53 bits per heavy atom. The minimum atomic E-state index is -0.131. The van der Waals surface area contributed by atoms with E-state index in [2.05, 4.69) is 9.88 Å². The van der Waals surface area contributed by atoms with Gasteiger partial charge in [-0.3, -0.25) is 13.9 Å². The largest absolute Gasteiger partial charge is 0.369 e. The van der Waals surface area contributed by atoms with E-state index in [0.29, 0.717) is 24.5 Å². The molecule has 6 nitrogen and oxygen atoms in total. The van der Waals surface area contributed by atoms with Gasteiger partial charge in [-0.25, -0.2) is 4.79 Å². The molecule has 4 aromatic rings. The highest BCUT2D eigenvalue weighted by molar-refractivity contribution is 7.16. The van der Waals surface area contributed by atoms with Gasteiger partial charge >= 0.3 is 10.6 Å². The summed E-state index contributed by atoms with van der Waals surface area (Å²) in [6.45, 7) is 3.03. The molecule has 5 rings (SSSR count). The highest BCUT2D eigenvalue weighted by Gasteiger charge is 2.20. The number of aryl methyl sites for hydroxylation is 2. The van der Waals surface area contributed by atoms with Crippen molar-refractivity contribution in [2.24, 2.45) is 0 Å². The van der Waals surface area contributed by atoms with Gasteiger partial charge in [-0.05, 0) is 49.9 Å². The van der Waals surface area contributed by atoms with Crippen LogP contribution in [0.25, 0.3) is 21.3 Å². The third-order valence-electron chi connectivity index (χ3n) is 5.88. The van der Waals surface area contributed by atoms with Gasteiger partial charge in [0.25, 0.3) is 0 Å². The van der Waals surface area contributed by atoms with Crippen molar-refractivity contribution < 1.29 is 0 Å². The van der Waals surface area contributed by atoms with Crippen molar-refractivity contribution >= 4 is 49.9 Å². The predicted octanol–water partition coefficient (Wildman–Crippen LogP) is 4.44. The highest BCUT2D eigenvalue weighted by Crippen LogP contribution is 2.34. The fraction of sp³-hybridized carbons (Fsp3) is 0.364. The van der Waals surface area contributed by atoms with Crippen LogP contribution < -0.4 is 15.5 Å². The Bertz CT molecular complexity index is 1330. The van der Waals surface area contributed by atoms with Gasteiger partial charge in [-0.15, -0.1) is 0 Å². The van der Waals surface area contributed by atoms with Gasteiger partial charge in [0, 0.05) is 26.2 Å². The van der Waals surface area contributed by atoms with Gasteiger partial charge in [0.1, 0.15) is 0 Å². The molecule has 0 atom stereocenters. The molecule has 0 bridgehead atoms. The van der Waals surface area contributed by atoms with E-state index in [4.69, 9.17) is 11.6 Å². The van der Waals surface area contributed by atoms with Crippen molar-refractivity contribution in [1.82, 2.24) is 14.1 Å². The summed E-state index contributed by atoms with van der Waals surface area (Å²) in [5.74, 6) is 0. The van der Waals surface area contributed by atoms with E-state index in [0.717, 1.165) is 52.9 Å². The molecule has 1 fully saturated rings. The van der Waals surface area contributed by atoms with Crippen LogP contribution in [-0.4, -0.2) is 27.2 Å². The van der Waals surface area contributed by atoms with Crippen LogP contribution in [0.2, 0.25) is 5.02 Å². The summed E-state index contributed by atoms with van der Waals surface area (Å²) in [5, 5.41) is 0.675. The summed E-state index contributed by atoms with van der Waals surface area (Å²) >= 11 is 7.80. The molecule has 3 heterocycles. The monoisotopic (exact) mass is 442 g/mol. The number of nitrogens with one attached hydrogen (secondary N) is 1. The maximum Gasteiger partial charge on any atom is 0.326 e. The molecule has 2 aromatic heterocycles. The zero-order valence-corrected chi connectivity index (χ0v) is 18.1.